The summed E-state index contributed by atoms with van der Waals surface area (Å²) in [4.78, 5) is 2.35. The van der Waals surface area contributed by atoms with Crippen LogP contribution in [0.1, 0.15) is 25.3 Å². The van der Waals surface area contributed by atoms with Crippen LogP contribution in [-0.2, 0) is 6.42 Å². The molecule has 0 unspecified atom stereocenters. The summed E-state index contributed by atoms with van der Waals surface area (Å²) in [5.41, 5.74) is 1.12. The van der Waals surface area contributed by atoms with Gasteiger partial charge in [-0.3, -0.25) is 0 Å². The second-order valence-corrected chi connectivity index (χ2v) is 6.07. The molecular formula is C18H27NO2. The van der Waals surface area contributed by atoms with E-state index in [0.29, 0.717) is 13.2 Å². The molecule has 2 rings (SSSR count). The predicted molar refractivity (Wildman–Crippen MR) is 86.7 cm³/mol. The Morgan fingerprint density at radius 2 is 2.29 bits per heavy atom. The molecular weight excluding hydrogens is 262 g/mol. The predicted octanol–water partition coefficient (Wildman–Crippen LogP) is 2.89. The van der Waals surface area contributed by atoms with E-state index >= 15 is 0 Å². The molecule has 0 spiro atoms. The van der Waals surface area contributed by atoms with Crippen LogP contribution in [0, 0.1) is 5.92 Å². The maximum absolute atomic E-state index is 10.2. The third-order valence-electron chi connectivity index (χ3n) is 3.98. The number of para-hydroxylation sites is 1. The van der Waals surface area contributed by atoms with Crippen molar-refractivity contribution in [2.75, 3.05) is 26.2 Å². The first-order valence-electron chi connectivity index (χ1n) is 7.91. The lowest BCUT2D eigenvalue weighted by Crippen LogP contribution is -2.41. The van der Waals surface area contributed by atoms with Crippen molar-refractivity contribution in [3.8, 4) is 5.75 Å². The van der Waals surface area contributed by atoms with Crippen molar-refractivity contribution >= 4 is 0 Å². The minimum atomic E-state index is -0.438. The van der Waals surface area contributed by atoms with Crippen LogP contribution >= 0.6 is 0 Å². The fourth-order valence-electron chi connectivity index (χ4n) is 2.96. The zero-order valence-corrected chi connectivity index (χ0v) is 13.0. The molecule has 0 aromatic heterocycles. The number of hydrogen-bond acceptors (Lipinski definition) is 3. The fourth-order valence-corrected chi connectivity index (χ4v) is 2.96. The van der Waals surface area contributed by atoms with Crippen LogP contribution in [0.25, 0.3) is 0 Å². The molecule has 1 aliphatic heterocycles. The number of aliphatic hydroxyl groups is 1. The molecule has 116 valence electrons. The van der Waals surface area contributed by atoms with Crippen LogP contribution in [0.2, 0.25) is 0 Å². The standard InChI is InChI=1S/C18H27NO2/c1-3-7-16-9-4-5-10-18(16)21-14-17(20)13-19-11-6-8-15(2)12-19/h3-5,9-10,15,17,20H,1,6-8,11-14H2,2H3/t15-,17+/m1/s1. The van der Waals surface area contributed by atoms with E-state index in [1.807, 2.05) is 30.3 Å². The van der Waals surface area contributed by atoms with E-state index in [2.05, 4.69) is 18.4 Å². The zero-order valence-electron chi connectivity index (χ0n) is 13.0. The minimum absolute atomic E-state index is 0.346. The van der Waals surface area contributed by atoms with Crippen molar-refractivity contribution in [2.24, 2.45) is 5.92 Å². The molecule has 0 radical (unpaired) electrons. The van der Waals surface area contributed by atoms with E-state index in [-0.39, 0.29) is 0 Å². The van der Waals surface area contributed by atoms with E-state index in [0.717, 1.165) is 36.7 Å². The Bertz CT molecular complexity index is 447. The van der Waals surface area contributed by atoms with E-state index in [1.54, 1.807) is 0 Å². The number of piperidine rings is 1. The molecule has 3 heteroatoms. The number of β-amino-alcohol motifs (C(OH)–C–C–N with tert-alkyl or cyclic N) is 1. The Kier molecular flexibility index (Phi) is 6.27. The van der Waals surface area contributed by atoms with Crippen LogP contribution in [-0.4, -0.2) is 42.4 Å². The SMILES string of the molecule is C=CCc1ccccc1OC[C@@H](O)CN1CCC[C@@H](C)C1. The molecule has 3 nitrogen and oxygen atoms in total. The van der Waals surface area contributed by atoms with Crippen molar-refractivity contribution in [3.63, 3.8) is 0 Å². The van der Waals surface area contributed by atoms with Gasteiger partial charge in [-0.25, -0.2) is 0 Å². The third kappa shape index (κ3) is 5.18. The van der Waals surface area contributed by atoms with Crippen LogP contribution in [0.5, 0.6) is 5.75 Å². The Hall–Kier alpha value is -1.32. The fraction of sp³-hybridized carbons (Fsp3) is 0.556. The molecule has 1 fully saturated rings. The number of benzene rings is 1. The topological polar surface area (TPSA) is 32.7 Å². The second-order valence-electron chi connectivity index (χ2n) is 6.07. The molecule has 1 heterocycles. The normalized spacial score (nSPS) is 21.0. The largest absolute Gasteiger partial charge is 0.491 e. The lowest BCUT2D eigenvalue weighted by molar-refractivity contribution is 0.0535. The number of hydrogen-bond donors (Lipinski definition) is 1. The van der Waals surface area contributed by atoms with Crippen molar-refractivity contribution in [2.45, 2.75) is 32.3 Å². The molecule has 0 aliphatic carbocycles. The molecule has 1 N–H and O–H groups in total. The first kappa shape index (κ1) is 16.1. The Balaban J connectivity index is 1.80. The lowest BCUT2D eigenvalue weighted by Gasteiger charge is -2.32. The van der Waals surface area contributed by atoms with Gasteiger partial charge in [-0.05, 0) is 43.4 Å². The summed E-state index contributed by atoms with van der Waals surface area (Å²) in [5.74, 6) is 1.59. The summed E-state index contributed by atoms with van der Waals surface area (Å²) in [5, 5.41) is 10.2. The van der Waals surface area contributed by atoms with Gasteiger partial charge in [0.2, 0.25) is 0 Å². The average molecular weight is 289 g/mol. The van der Waals surface area contributed by atoms with E-state index < -0.39 is 6.10 Å². The summed E-state index contributed by atoms with van der Waals surface area (Å²) in [7, 11) is 0. The number of rotatable bonds is 7. The average Bonchev–Trinajstić information content (AvgIpc) is 2.47. The van der Waals surface area contributed by atoms with Gasteiger partial charge in [-0.1, -0.05) is 31.2 Å². The first-order valence-corrected chi connectivity index (χ1v) is 7.91. The first-order chi connectivity index (χ1) is 10.2. The van der Waals surface area contributed by atoms with Crippen LogP contribution < -0.4 is 4.74 Å². The lowest BCUT2D eigenvalue weighted by atomic mass is 10.0. The Morgan fingerprint density at radius 1 is 1.48 bits per heavy atom. The highest BCUT2D eigenvalue weighted by Gasteiger charge is 2.19. The van der Waals surface area contributed by atoms with Gasteiger partial charge in [0, 0.05) is 13.1 Å². The van der Waals surface area contributed by atoms with Gasteiger partial charge in [0.15, 0.2) is 0 Å². The summed E-state index contributed by atoms with van der Waals surface area (Å²) >= 11 is 0. The van der Waals surface area contributed by atoms with Gasteiger partial charge in [-0.2, -0.15) is 0 Å². The summed E-state index contributed by atoms with van der Waals surface area (Å²) in [6.45, 7) is 9.27. The number of aliphatic hydroxyl groups excluding tert-OH is 1. The van der Waals surface area contributed by atoms with Crippen molar-refractivity contribution in [3.05, 3.63) is 42.5 Å². The molecule has 1 saturated heterocycles. The zero-order chi connectivity index (χ0) is 15.1. The monoisotopic (exact) mass is 289 g/mol. The molecule has 1 aliphatic rings. The van der Waals surface area contributed by atoms with E-state index in [9.17, 15) is 5.11 Å². The molecule has 21 heavy (non-hydrogen) atoms. The number of likely N-dealkylation sites (tertiary alicyclic amines) is 1. The van der Waals surface area contributed by atoms with Crippen LogP contribution in [0.4, 0.5) is 0 Å². The van der Waals surface area contributed by atoms with E-state index in [4.69, 9.17) is 4.74 Å². The summed E-state index contributed by atoms with van der Waals surface area (Å²) in [6, 6.07) is 7.95. The molecule has 0 bridgehead atoms. The number of allylic oxidation sites excluding steroid dienone is 1. The highest BCUT2D eigenvalue weighted by atomic mass is 16.5. The Morgan fingerprint density at radius 3 is 3.05 bits per heavy atom. The smallest absolute Gasteiger partial charge is 0.122 e. The maximum Gasteiger partial charge on any atom is 0.122 e. The Labute approximate surface area is 128 Å². The maximum atomic E-state index is 10.2. The highest BCUT2D eigenvalue weighted by molar-refractivity contribution is 5.34. The quantitative estimate of drug-likeness (QED) is 0.784. The summed E-state index contributed by atoms with van der Waals surface area (Å²) < 4.78 is 5.80. The van der Waals surface area contributed by atoms with Gasteiger partial charge >= 0.3 is 0 Å². The minimum Gasteiger partial charge on any atom is -0.491 e. The van der Waals surface area contributed by atoms with Crippen molar-refractivity contribution < 1.29 is 9.84 Å². The molecule has 1 aromatic rings. The highest BCUT2D eigenvalue weighted by Crippen LogP contribution is 2.19. The second kappa shape index (κ2) is 8.20. The molecule has 0 amide bonds. The molecule has 2 atom stereocenters. The van der Waals surface area contributed by atoms with Gasteiger partial charge in [-0.15, -0.1) is 6.58 Å². The molecule has 1 aromatic carbocycles. The van der Waals surface area contributed by atoms with Crippen LogP contribution in [0.15, 0.2) is 36.9 Å². The molecule has 0 saturated carbocycles. The number of ether oxygens (including phenoxy) is 1. The van der Waals surface area contributed by atoms with Gasteiger partial charge in [0.25, 0.3) is 0 Å². The van der Waals surface area contributed by atoms with E-state index in [1.165, 1.54) is 12.8 Å². The number of nitrogens with zero attached hydrogens (tertiary/aromatic N) is 1. The van der Waals surface area contributed by atoms with Gasteiger partial charge < -0.3 is 14.7 Å². The van der Waals surface area contributed by atoms with Gasteiger partial charge in [0.1, 0.15) is 18.5 Å². The third-order valence-corrected chi connectivity index (χ3v) is 3.98. The van der Waals surface area contributed by atoms with Crippen molar-refractivity contribution in [1.82, 2.24) is 4.90 Å². The summed E-state index contributed by atoms with van der Waals surface area (Å²) in [6.07, 6.45) is 4.76. The van der Waals surface area contributed by atoms with Gasteiger partial charge in [0.05, 0.1) is 0 Å². The van der Waals surface area contributed by atoms with Crippen LogP contribution in [0.3, 0.4) is 0 Å². The van der Waals surface area contributed by atoms with Crippen molar-refractivity contribution in [1.29, 1.82) is 0 Å².